The molecule has 0 bridgehead atoms. The Hall–Kier alpha value is -1.22. The Kier molecular flexibility index (Phi) is 8.24. The third-order valence-corrected chi connectivity index (χ3v) is 2.19. The molecule has 0 spiro atoms. The number of rotatable bonds is 4. The summed E-state index contributed by atoms with van der Waals surface area (Å²) in [6.45, 7) is 8.45. The highest BCUT2D eigenvalue weighted by Gasteiger charge is 2.12. The van der Waals surface area contributed by atoms with E-state index < -0.39 is 0 Å². The first-order valence-electron chi connectivity index (χ1n) is 5.99. The van der Waals surface area contributed by atoms with Gasteiger partial charge in [-0.05, 0) is 30.7 Å². The maximum Gasteiger partial charge on any atom is 0.231 e. The molecular weight excluding hydrogens is 214 g/mol. The highest BCUT2D eigenvalue weighted by Crippen LogP contribution is 2.32. The zero-order valence-corrected chi connectivity index (χ0v) is 10.4. The third-order valence-electron chi connectivity index (χ3n) is 2.19. The highest BCUT2D eigenvalue weighted by molar-refractivity contribution is 5.44. The lowest BCUT2D eigenvalue weighted by Gasteiger charge is -2.04. The molecule has 0 amide bonds. The van der Waals surface area contributed by atoms with Crippen molar-refractivity contribution in [1.82, 2.24) is 5.32 Å². The van der Waals surface area contributed by atoms with Crippen molar-refractivity contribution in [2.45, 2.75) is 41.2 Å². The van der Waals surface area contributed by atoms with Crippen molar-refractivity contribution < 1.29 is 9.47 Å². The van der Waals surface area contributed by atoms with Crippen molar-refractivity contribution in [2.75, 3.05) is 13.3 Å². The van der Waals surface area contributed by atoms with Gasteiger partial charge in [0, 0.05) is 6.54 Å². The molecule has 1 aromatic rings. The van der Waals surface area contributed by atoms with Gasteiger partial charge in [-0.15, -0.1) is 0 Å². The highest BCUT2D eigenvalue weighted by atomic mass is 16.7. The van der Waals surface area contributed by atoms with Crippen LogP contribution in [-0.2, 0) is 6.54 Å². The minimum atomic E-state index is 0. The number of fused-ring (bicyclic) bond motifs is 1. The van der Waals surface area contributed by atoms with Crippen molar-refractivity contribution in [3.8, 4) is 11.5 Å². The van der Waals surface area contributed by atoms with E-state index in [0.29, 0.717) is 6.79 Å². The van der Waals surface area contributed by atoms with Crippen LogP contribution in [0.1, 0.15) is 40.2 Å². The van der Waals surface area contributed by atoms with Crippen molar-refractivity contribution in [1.29, 1.82) is 0 Å². The van der Waals surface area contributed by atoms with E-state index in [1.54, 1.807) is 0 Å². The maximum absolute atomic E-state index is 5.30. The largest absolute Gasteiger partial charge is 0.454 e. The molecule has 2 rings (SSSR count). The molecule has 1 aliphatic heterocycles. The Balaban J connectivity index is 0.000000811. The molecule has 0 aromatic heterocycles. The zero-order valence-electron chi connectivity index (χ0n) is 10.4. The van der Waals surface area contributed by atoms with Gasteiger partial charge in [-0.2, -0.15) is 0 Å². The Morgan fingerprint density at radius 2 is 1.88 bits per heavy atom. The van der Waals surface area contributed by atoms with Crippen LogP contribution >= 0.6 is 0 Å². The van der Waals surface area contributed by atoms with Gasteiger partial charge in [0.2, 0.25) is 6.79 Å². The Morgan fingerprint density at radius 3 is 2.59 bits per heavy atom. The molecule has 98 valence electrons. The Labute approximate surface area is 105 Å². The Bertz CT molecular complexity index is 313. The van der Waals surface area contributed by atoms with Gasteiger partial charge in [0.15, 0.2) is 11.5 Å². The van der Waals surface area contributed by atoms with Crippen LogP contribution in [0.25, 0.3) is 0 Å². The topological polar surface area (TPSA) is 30.5 Å². The summed E-state index contributed by atoms with van der Waals surface area (Å²) in [6.07, 6.45) is 1.16. The summed E-state index contributed by atoms with van der Waals surface area (Å²) in [5.41, 5.74) is 1.24. The monoisotopic (exact) mass is 239 g/mol. The predicted molar refractivity (Wildman–Crippen MR) is 72.6 cm³/mol. The van der Waals surface area contributed by atoms with Crippen molar-refractivity contribution in [3.05, 3.63) is 23.8 Å². The summed E-state index contributed by atoms with van der Waals surface area (Å²) in [5.74, 6) is 1.71. The van der Waals surface area contributed by atoms with Crippen LogP contribution in [0.2, 0.25) is 0 Å². The predicted octanol–water partition coefficient (Wildman–Crippen LogP) is 3.58. The van der Waals surface area contributed by atoms with Gasteiger partial charge < -0.3 is 14.8 Å². The van der Waals surface area contributed by atoms with Gasteiger partial charge in [-0.3, -0.25) is 0 Å². The van der Waals surface area contributed by atoms with Crippen molar-refractivity contribution >= 4 is 0 Å². The molecule has 3 heteroatoms. The maximum atomic E-state index is 5.30. The summed E-state index contributed by atoms with van der Waals surface area (Å²) in [7, 11) is 0. The number of hydrogen-bond acceptors (Lipinski definition) is 3. The molecule has 0 atom stereocenters. The summed E-state index contributed by atoms with van der Waals surface area (Å²) < 4.78 is 10.5. The van der Waals surface area contributed by atoms with Gasteiger partial charge >= 0.3 is 0 Å². The normalized spacial score (nSPS) is 11.2. The standard InChI is InChI=1S/C11H15NO2.C2H6.CH4/c1-2-5-12-7-9-3-4-10-11(6-9)14-8-13-10;1-2;/h3-4,6,12H,2,5,7-8H2,1H3;1-2H3;1H4. The molecule has 1 aliphatic rings. The number of nitrogens with one attached hydrogen (secondary N) is 1. The summed E-state index contributed by atoms with van der Waals surface area (Å²) in [5, 5.41) is 3.35. The number of hydrogen-bond donors (Lipinski definition) is 1. The van der Waals surface area contributed by atoms with Gasteiger partial charge in [0.1, 0.15) is 0 Å². The first kappa shape index (κ1) is 15.8. The molecule has 1 N–H and O–H groups in total. The minimum absolute atomic E-state index is 0. The quantitative estimate of drug-likeness (QED) is 0.815. The number of benzene rings is 1. The third kappa shape index (κ3) is 4.65. The van der Waals surface area contributed by atoms with Crippen molar-refractivity contribution in [2.24, 2.45) is 0 Å². The molecule has 0 aliphatic carbocycles. The summed E-state index contributed by atoms with van der Waals surface area (Å²) in [6, 6.07) is 6.06. The molecule has 3 nitrogen and oxygen atoms in total. The average molecular weight is 239 g/mol. The molecule has 0 radical (unpaired) electrons. The molecule has 0 fully saturated rings. The van der Waals surface area contributed by atoms with Crippen LogP contribution in [0.15, 0.2) is 18.2 Å². The zero-order chi connectivity index (χ0) is 11.8. The van der Waals surface area contributed by atoms with E-state index in [1.807, 2.05) is 26.0 Å². The van der Waals surface area contributed by atoms with Gasteiger partial charge in [-0.1, -0.05) is 34.3 Å². The van der Waals surface area contributed by atoms with Crippen LogP contribution in [0.5, 0.6) is 11.5 Å². The second-order valence-electron chi connectivity index (χ2n) is 3.36. The van der Waals surface area contributed by atoms with Crippen molar-refractivity contribution in [3.63, 3.8) is 0 Å². The van der Waals surface area contributed by atoms with E-state index in [1.165, 1.54) is 5.56 Å². The summed E-state index contributed by atoms with van der Waals surface area (Å²) in [4.78, 5) is 0. The lowest BCUT2D eigenvalue weighted by atomic mass is 10.2. The van der Waals surface area contributed by atoms with Gasteiger partial charge in [0.05, 0.1) is 0 Å². The fraction of sp³-hybridized carbons (Fsp3) is 0.571. The Morgan fingerprint density at radius 1 is 1.18 bits per heavy atom. The van der Waals surface area contributed by atoms with Gasteiger partial charge in [-0.25, -0.2) is 0 Å². The number of ether oxygens (including phenoxy) is 2. The summed E-state index contributed by atoms with van der Waals surface area (Å²) >= 11 is 0. The van der Waals surface area contributed by atoms with Crippen LogP contribution in [0, 0.1) is 0 Å². The van der Waals surface area contributed by atoms with E-state index in [-0.39, 0.29) is 7.43 Å². The van der Waals surface area contributed by atoms with Crippen LogP contribution in [0.3, 0.4) is 0 Å². The molecule has 1 heterocycles. The van der Waals surface area contributed by atoms with E-state index in [4.69, 9.17) is 9.47 Å². The minimum Gasteiger partial charge on any atom is -0.454 e. The van der Waals surface area contributed by atoms with Gasteiger partial charge in [0.25, 0.3) is 0 Å². The van der Waals surface area contributed by atoms with E-state index in [0.717, 1.165) is 31.0 Å². The van der Waals surface area contributed by atoms with E-state index in [9.17, 15) is 0 Å². The van der Waals surface area contributed by atoms with Crippen LogP contribution in [-0.4, -0.2) is 13.3 Å². The molecule has 1 aromatic carbocycles. The van der Waals surface area contributed by atoms with E-state index in [2.05, 4.69) is 18.3 Å². The van der Waals surface area contributed by atoms with Crippen LogP contribution < -0.4 is 14.8 Å². The second-order valence-corrected chi connectivity index (χ2v) is 3.36. The average Bonchev–Trinajstić information content (AvgIpc) is 2.79. The lowest BCUT2D eigenvalue weighted by Crippen LogP contribution is -2.13. The molecule has 0 unspecified atom stereocenters. The molecule has 0 saturated carbocycles. The fourth-order valence-corrected chi connectivity index (χ4v) is 1.46. The molecule has 17 heavy (non-hydrogen) atoms. The molecular formula is C14H25NO2. The fourth-order valence-electron chi connectivity index (χ4n) is 1.46. The second kappa shape index (κ2) is 8.88. The van der Waals surface area contributed by atoms with Crippen LogP contribution in [0.4, 0.5) is 0 Å². The first-order valence-corrected chi connectivity index (χ1v) is 5.99. The first-order chi connectivity index (χ1) is 7.90. The lowest BCUT2D eigenvalue weighted by molar-refractivity contribution is 0.174. The smallest absolute Gasteiger partial charge is 0.231 e. The SMILES string of the molecule is C.CC.CCCNCc1ccc2c(c1)OCO2. The molecule has 0 saturated heterocycles. The van der Waals surface area contributed by atoms with E-state index >= 15 is 0 Å².